The predicted molar refractivity (Wildman–Crippen MR) is 96.4 cm³/mol. The molecule has 2 heterocycles. The normalized spacial score (nSPS) is 14.9. The second-order valence-corrected chi connectivity index (χ2v) is 6.38. The molecule has 136 valence electrons. The third-order valence-electron chi connectivity index (χ3n) is 4.33. The fourth-order valence-electron chi connectivity index (χ4n) is 2.79. The standard InChI is InChI=1S/C19H21FN4O2/c1-23-8-10-24(11-9-23)19(26)17-13-16(6-7-21-17)22-18(25)12-14-2-4-15(20)5-3-14/h2-7,13H,8-12H2,1H3,(H,21,22,25). The van der Waals surface area contributed by atoms with Gasteiger partial charge in [-0.25, -0.2) is 4.39 Å². The summed E-state index contributed by atoms with van der Waals surface area (Å²) in [6.07, 6.45) is 1.64. The molecule has 3 rings (SSSR count). The lowest BCUT2D eigenvalue weighted by atomic mass is 10.1. The van der Waals surface area contributed by atoms with E-state index in [1.807, 2.05) is 7.05 Å². The Kier molecular flexibility index (Phi) is 5.58. The van der Waals surface area contributed by atoms with E-state index in [1.165, 1.54) is 18.3 Å². The van der Waals surface area contributed by atoms with Gasteiger partial charge >= 0.3 is 0 Å². The highest BCUT2D eigenvalue weighted by molar-refractivity contribution is 5.96. The van der Waals surface area contributed by atoms with Gasteiger partial charge in [0.15, 0.2) is 0 Å². The maximum absolute atomic E-state index is 12.9. The summed E-state index contributed by atoms with van der Waals surface area (Å²) in [4.78, 5) is 32.8. The number of benzene rings is 1. The number of hydrogen-bond donors (Lipinski definition) is 1. The first kappa shape index (κ1) is 18.0. The summed E-state index contributed by atoms with van der Waals surface area (Å²) in [5.74, 6) is -0.705. The summed E-state index contributed by atoms with van der Waals surface area (Å²) < 4.78 is 12.9. The molecule has 0 radical (unpaired) electrons. The molecule has 1 aliphatic heterocycles. The minimum Gasteiger partial charge on any atom is -0.335 e. The number of rotatable bonds is 4. The maximum Gasteiger partial charge on any atom is 0.272 e. The number of anilines is 1. The average molecular weight is 356 g/mol. The van der Waals surface area contributed by atoms with Gasteiger partial charge in [0.1, 0.15) is 11.5 Å². The molecule has 6 nitrogen and oxygen atoms in total. The summed E-state index contributed by atoms with van der Waals surface area (Å²) in [7, 11) is 2.03. The third-order valence-corrected chi connectivity index (χ3v) is 4.33. The Balaban J connectivity index is 1.62. The maximum atomic E-state index is 12.9. The highest BCUT2D eigenvalue weighted by Gasteiger charge is 2.21. The summed E-state index contributed by atoms with van der Waals surface area (Å²) in [5, 5.41) is 2.76. The van der Waals surface area contributed by atoms with Gasteiger partial charge < -0.3 is 15.1 Å². The summed E-state index contributed by atoms with van der Waals surface area (Å²) in [6, 6.07) is 9.02. The van der Waals surface area contributed by atoms with Crippen molar-refractivity contribution in [2.45, 2.75) is 6.42 Å². The van der Waals surface area contributed by atoms with Crippen LogP contribution in [0.5, 0.6) is 0 Å². The van der Waals surface area contributed by atoms with Crippen LogP contribution in [0.2, 0.25) is 0 Å². The minimum atomic E-state index is -0.338. The van der Waals surface area contributed by atoms with E-state index < -0.39 is 0 Å². The highest BCUT2D eigenvalue weighted by atomic mass is 19.1. The Morgan fingerprint density at radius 2 is 1.81 bits per heavy atom. The Morgan fingerprint density at radius 1 is 1.12 bits per heavy atom. The first-order valence-corrected chi connectivity index (χ1v) is 8.49. The van der Waals surface area contributed by atoms with Gasteiger partial charge in [0.05, 0.1) is 6.42 Å². The Hall–Kier alpha value is -2.80. The van der Waals surface area contributed by atoms with Crippen molar-refractivity contribution in [1.29, 1.82) is 0 Å². The lowest BCUT2D eigenvalue weighted by Crippen LogP contribution is -2.47. The highest BCUT2D eigenvalue weighted by Crippen LogP contribution is 2.13. The lowest BCUT2D eigenvalue weighted by Gasteiger charge is -2.32. The first-order valence-electron chi connectivity index (χ1n) is 8.49. The van der Waals surface area contributed by atoms with Crippen molar-refractivity contribution >= 4 is 17.5 Å². The fraction of sp³-hybridized carbons (Fsp3) is 0.316. The molecule has 0 atom stereocenters. The van der Waals surface area contributed by atoms with Crippen LogP contribution in [0.4, 0.5) is 10.1 Å². The number of carbonyl (C=O) groups is 2. The number of halogens is 1. The molecule has 0 spiro atoms. The van der Waals surface area contributed by atoms with Crippen LogP contribution in [0.3, 0.4) is 0 Å². The van der Waals surface area contributed by atoms with Crippen LogP contribution in [0.1, 0.15) is 16.1 Å². The SMILES string of the molecule is CN1CCN(C(=O)c2cc(NC(=O)Cc3ccc(F)cc3)ccn2)CC1. The second-order valence-electron chi connectivity index (χ2n) is 6.38. The van der Waals surface area contributed by atoms with Gasteiger partial charge in [0, 0.05) is 38.1 Å². The lowest BCUT2D eigenvalue weighted by molar-refractivity contribution is -0.115. The molecule has 1 aromatic heterocycles. The van der Waals surface area contributed by atoms with E-state index in [0.29, 0.717) is 30.0 Å². The van der Waals surface area contributed by atoms with Gasteiger partial charge in [0.2, 0.25) is 5.91 Å². The zero-order valence-electron chi connectivity index (χ0n) is 14.6. The van der Waals surface area contributed by atoms with Crippen LogP contribution < -0.4 is 5.32 Å². The van der Waals surface area contributed by atoms with Gasteiger partial charge in [0.25, 0.3) is 5.91 Å². The topological polar surface area (TPSA) is 65.5 Å². The van der Waals surface area contributed by atoms with Gasteiger partial charge in [-0.15, -0.1) is 0 Å². The number of amides is 2. The van der Waals surface area contributed by atoms with Crippen molar-refractivity contribution in [3.05, 3.63) is 59.7 Å². The summed E-state index contributed by atoms with van der Waals surface area (Å²) in [6.45, 7) is 3.00. The zero-order chi connectivity index (χ0) is 18.5. The predicted octanol–water partition coefficient (Wildman–Crippen LogP) is 1.79. The number of pyridine rings is 1. The van der Waals surface area contributed by atoms with Crippen LogP contribution >= 0.6 is 0 Å². The van der Waals surface area contributed by atoms with Crippen molar-refractivity contribution in [3.63, 3.8) is 0 Å². The van der Waals surface area contributed by atoms with Crippen LogP contribution in [-0.2, 0) is 11.2 Å². The minimum absolute atomic E-state index is 0.129. The number of likely N-dealkylation sites (N-methyl/N-ethyl adjacent to an activating group) is 1. The van der Waals surface area contributed by atoms with E-state index in [9.17, 15) is 14.0 Å². The number of carbonyl (C=O) groups excluding carboxylic acids is 2. The van der Waals surface area contributed by atoms with Gasteiger partial charge in [-0.05, 0) is 36.9 Å². The molecule has 0 saturated carbocycles. The number of hydrogen-bond acceptors (Lipinski definition) is 4. The van der Waals surface area contributed by atoms with Crippen molar-refractivity contribution in [3.8, 4) is 0 Å². The van der Waals surface area contributed by atoms with E-state index >= 15 is 0 Å². The largest absolute Gasteiger partial charge is 0.335 e. The van der Waals surface area contributed by atoms with E-state index in [2.05, 4.69) is 15.2 Å². The molecule has 1 saturated heterocycles. The number of piperazine rings is 1. The molecule has 1 aliphatic rings. The molecule has 0 aliphatic carbocycles. The van der Waals surface area contributed by atoms with Crippen molar-refractivity contribution in [2.75, 3.05) is 38.5 Å². The molecule has 26 heavy (non-hydrogen) atoms. The van der Waals surface area contributed by atoms with E-state index in [1.54, 1.807) is 29.2 Å². The van der Waals surface area contributed by atoms with Crippen LogP contribution in [0, 0.1) is 5.82 Å². The number of nitrogens with zero attached hydrogens (tertiary/aromatic N) is 3. The van der Waals surface area contributed by atoms with E-state index in [-0.39, 0.29) is 24.1 Å². The van der Waals surface area contributed by atoms with Crippen LogP contribution in [-0.4, -0.2) is 59.8 Å². The van der Waals surface area contributed by atoms with E-state index in [0.717, 1.165) is 13.1 Å². The second kappa shape index (κ2) is 8.05. The van der Waals surface area contributed by atoms with Gasteiger partial charge in [-0.2, -0.15) is 0 Å². The van der Waals surface area contributed by atoms with E-state index in [4.69, 9.17) is 0 Å². The zero-order valence-corrected chi connectivity index (χ0v) is 14.6. The molecule has 1 fully saturated rings. The molecule has 2 amide bonds. The molecule has 1 aromatic carbocycles. The van der Waals surface area contributed by atoms with Crippen LogP contribution in [0.25, 0.3) is 0 Å². The van der Waals surface area contributed by atoms with Crippen molar-refractivity contribution in [1.82, 2.24) is 14.8 Å². The van der Waals surface area contributed by atoms with Crippen molar-refractivity contribution in [2.24, 2.45) is 0 Å². The average Bonchev–Trinajstić information content (AvgIpc) is 2.64. The van der Waals surface area contributed by atoms with Crippen LogP contribution in [0.15, 0.2) is 42.6 Å². The Labute approximate surface area is 151 Å². The smallest absolute Gasteiger partial charge is 0.272 e. The molecular weight excluding hydrogens is 335 g/mol. The number of aromatic nitrogens is 1. The molecule has 7 heteroatoms. The Bertz CT molecular complexity index is 786. The van der Waals surface area contributed by atoms with Gasteiger partial charge in [-0.1, -0.05) is 12.1 Å². The molecule has 1 N–H and O–H groups in total. The summed E-state index contributed by atoms with van der Waals surface area (Å²) in [5.41, 5.74) is 1.55. The quantitative estimate of drug-likeness (QED) is 0.907. The number of nitrogens with one attached hydrogen (secondary N) is 1. The first-order chi connectivity index (χ1) is 12.5. The molecular formula is C19H21FN4O2. The summed E-state index contributed by atoms with van der Waals surface area (Å²) >= 11 is 0. The monoisotopic (exact) mass is 356 g/mol. The molecule has 0 bridgehead atoms. The fourth-order valence-corrected chi connectivity index (χ4v) is 2.79. The molecule has 0 unspecified atom stereocenters. The van der Waals surface area contributed by atoms with Gasteiger partial charge in [-0.3, -0.25) is 14.6 Å². The third kappa shape index (κ3) is 4.64. The van der Waals surface area contributed by atoms with Crippen molar-refractivity contribution < 1.29 is 14.0 Å². The molecule has 2 aromatic rings. The Morgan fingerprint density at radius 3 is 2.50 bits per heavy atom.